The molecule has 2 aromatic rings. The van der Waals surface area contributed by atoms with E-state index >= 15 is 0 Å². The molecule has 1 aromatic heterocycles. The smallest absolute Gasteiger partial charge is 0.326 e. The van der Waals surface area contributed by atoms with E-state index in [1.807, 2.05) is 13.0 Å². The fourth-order valence-electron chi connectivity index (χ4n) is 1.64. The quantitative estimate of drug-likeness (QED) is 0.901. The maximum absolute atomic E-state index is 11.9. The fourth-order valence-corrected chi connectivity index (χ4v) is 1.64. The number of anilines is 2. The van der Waals surface area contributed by atoms with Crippen molar-refractivity contribution in [1.29, 1.82) is 0 Å². The summed E-state index contributed by atoms with van der Waals surface area (Å²) in [6.45, 7) is 3.67. The number of imidazole rings is 1. The number of benzene rings is 1. The minimum absolute atomic E-state index is 0.0688. The highest BCUT2D eigenvalue weighted by Gasteiger charge is 2.08. The summed E-state index contributed by atoms with van der Waals surface area (Å²) in [5.74, 6) is -0.0688. The third kappa shape index (κ3) is 3.23. The summed E-state index contributed by atoms with van der Waals surface area (Å²) in [6.07, 6.45) is 4.93. The highest BCUT2D eigenvalue weighted by Crippen LogP contribution is 2.20. The van der Waals surface area contributed by atoms with E-state index in [0.29, 0.717) is 17.8 Å². The predicted octanol–water partition coefficient (Wildman–Crippen LogP) is 2.62. The molecule has 0 aliphatic carbocycles. The Morgan fingerprint density at radius 2 is 2.10 bits per heavy atom. The molecule has 2 amide bonds. The van der Waals surface area contributed by atoms with Crippen molar-refractivity contribution in [2.24, 2.45) is 0 Å². The lowest BCUT2D eigenvalue weighted by atomic mass is 10.2. The third-order valence-corrected chi connectivity index (χ3v) is 2.82. The first-order valence-electron chi connectivity index (χ1n) is 6.30. The molecule has 0 fully saturated rings. The van der Waals surface area contributed by atoms with Gasteiger partial charge in [-0.3, -0.25) is 9.36 Å². The molecule has 0 bridgehead atoms. The van der Waals surface area contributed by atoms with Crippen LogP contribution in [-0.2, 0) is 4.79 Å². The van der Waals surface area contributed by atoms with Gasteiger partial charge in [-0.05, 0) is 24.6 Å². The predicted molar refractivity (Wildman–Crippen MR) is 76.7 cm³/mol. The zero-order chi connectivity index (χ0) is 14.5. The molecule has 2 N–H and O–H groups in total. The molecule has 20 heavy (non-hydrogen) atoms. The maximum atomic E-state index is 11.9. The van der Waals surface area contributed by atoms with E-state index in [9.17, 15) is 9.59 Å². The van der Waals surface area contributed by atoms with Crippen LogP contribution < -0.4 is 10.6 Å². The first-order valence-corrected chi connectivity index (χ1v) is 6.30. The van der Waals surface area contributed by atoms with Crippen molar-refractivity contribution in [3.8, 4) is 0 Å². The van der Waals surface area contributed by atoms with Crippen LogP contribution in [0.2, 0.25) is 0 Å². The van der Waals surface area contributed by atoms with Crippen LogP contribution in [0.1, 0.15) is 18.9 Å². The largest absolute Gasteiger partial charge is 0.331 e. The molecule has 0 aliphatic heterocycles. The lowest BCUT2D eigenvalue weighted by Crippen LogP contribution is -2.18. The van der Waals surface area contributed by atoms with Gasteiger partial charge in [0.1, 0.15) is 6.33 Å². The van der Waals surface area contributed by atoms with E-state index < -0.39 is 0 Å². The van der Waals surface area contributed by atoms with Crippen molar-refractivity contribution >= 4 is 23.3 Å². The lowest BCUT2D eigenvalue weighted by molar-refractivity contribution is -0.115. The molecule has 0 atom stereocenters. The first-order chi connectivity index (χ1) is 9.60. The van der Waals surface area contributed by atoms with Crippen LogP contribution in [0.15, 0.2) is 36.9 Å². The molecule has 0 saturated heterocycles. The number of rotatable bonds is 3. The van der Waals surface area contributed by atoms with Crippen molar-refractivity contribution < 1.29 is 9.59 Å². The molecule has 6 heteroatoms. The summed E-state index contributed by atoms with van der Waals surface area (Å²) in [6, 6.07) is 5.08. The van der Waals surface area contributed by atoms with E-state index in [-0.39, 0.29) is 11.9 Å². The summed E-state index contributed by atoms with van der Waals surface area (Å²) in [7, 11) is 0. The standard InChI is InChI=1S/C14H16N4O2/c1-3-13(19)16-11-5-4-10(2)12(8-11)17-14(20)18-7-6-15-9-18/h4-9H,3H2,1-2H3,(H,16,19)(H,17,20). The van der Waals surface area contributed by atoms with Gasteiger partial charge in [0.15, 0.2) is 0 Å². The van der Waals surface area contributed by atoms with Crippen molar-refractivity contribution in [2.75, 3.05) is 10.6 Å². The minimum Gasteiger partial charge on any atom is -0.326 e. The molecule has 0 radical (unpaired) electrons. The molecule has 104 valence electrons. The van der Waals surface area contributed by atoms with Gasteiger partial charge >= 0.3 is 6.03 Å². The number of hydrogen-bond donors (Lipinski definition) is 2. The van der Waals surface area contributed by atoms with Gasteiger partial charge < -0.3 is 10.6 Å². The molecular weight excluding hydrogens is 256 g/mol. The number of aryl methyl sites for hydroxylation is 1. The second-order valence-electron chi connectivity index (χ2n) is 4.33. The summed E-state index contributed by atoms with van der Waals surface area (Å²) >= 11 is 0. The second kappa shape index (κ2) is 6.01. The summed E-state index contributed by atoms with van der Waals surface area (Å²) < 4.78 is 1.34. The molecule has 0 aliphatic rings. The monoisotopic (exact) mass is 272 g/mol. The SMILES string of the molecule is CCC(=O)Nc1ccc(C)c(NC(=O)n2ccnc2)c1. The molecule has 0 spiro atoms. The van der Waals surface area contributed by atoms with E-state index in [1.165, 1.54) is 17.1 Å². The van der Waals surface area contributed by atoms with Gasteiger partial charge in [-0.25, -0.2) is 9.78 Å². The van der Waals surface area contributed by atoms with E-state index in [2.05, 4.69) is 15.6 Å². The third-order valence-electron chi connectivity index (χ3n) is 2.82. The molecule has 2 rings (SSSR count). The van der Waals surface area contributed by atoms with Gasteiger partial charge in [0.05, 0.1) is 0 Å². The number of carbonyl (C=O) groups is 2. The number of nitrogens with zero attached hydrogens (tertiary/aromatic N) is 2. The molecule has 6 nitrogen and oxygen atoms in total. The Hall–Kier alpha value is -2.63. The van der Waals surface area contributed by atoms with Crippen LogP contribution in [0.5, 0.6) is 0 Å². The van der Waals surface area contributed by atoms with Crippen molar-refractivity contribution in [3.05, 3.63) is 42.5 Å². The molecule has 0 saturated carbocycles. The number of nitrogens with one attached hydrogen (secondary N) is 2. The van der Waals surface area contributed by atoms with E-state index in [0.717, 1.165) is 5.56 Å². The average Bonchev–Trinajstić information content (AvgIpc) is 2.96. The second-order valence-corrected chi connectivity index (χ2v) is 4.33. The highest BCUT2D eigenvalue weighted by atomic mass is 16.2. The minimum atomic E-state index is -0.301. The molecular formula is C14H16N4O2. The summed E-state index contributed by atoms with van der Waals surface area (Å²) in [4.78, 5) is 27.1. The maximum Gasteiger partial charge on any atom is 0.331 e. The normalized spacial score (nSPS) is 10.1. The fraction of sp³-hybridized carbons (Fsp3) is 0.214. The molecule has 1 heterocycles. The van der Waals surface area contributed by atoms with E-state index in [4.69, 9.17) is 0 Å². The summed E-state index contributed by atoms with van der Waals surface area (Å²) in [5, 5.41) is 5.53. The van der Waals surface area contributed by atoms with Gasteiger partial charge in [0.25, 0.3) is 0 Å². The Kier molecular flexibility index (Phi) is 4.14. The lowest BCUT2D eigenvalue weighted by Gasteiger charge is -2.11. The first kappa shape index (κ1) is 13.8. The van der Waals surface area contributed by atoms with Crippen molar-refractivity contribution in [3.63, 3.8) is 0 Å². The molecule has 0 unspecified atom stereocenters. The Labute approximate surface area is 116 Å². The number of aromatic nitrogens is 2. The van der Waals surface area contributed by atoms with Crippen LogP contribution in [0.25, 0.3) is 0 Å². The van der Waals surface area contributed by atoms with Crippen LogP contribution in [0.4, 0.5) is 16.2 Å². The number of hydrogen-bond acceptors (Lipinski definition) is 3. The molecule has 1 aromatic carbocycles. The number of amides is 2. The Balaban J connectivity index is 2.16. The van der Waals surface area contributed by atoms with Gasteiger partial charge in [-0.15, -0.1) is 0 Å². The Morgan fingerprint density at radius 3 is 2.75 bits per heavy atom. The van der Waals surface area contributed by atoms with Crippen LogP contribution in [-0.4, -0.2) is 21.5 Å². The van der Waals surface area contributed by atoms with Gasteiger partial charge in [-0.2, -0.15) is 0 Å². The van der Waals surface area contributed by atoms with Gasteiger partial charge in [0.2, 0.25) is 5.91 Å². The summed E-state index contributed by atoms with van der Waals surface area (Å²) in [5.41, 5.74) is 2.22. The number of carbonyl (C=O) groups excluding carboxylic acids is 2. The average molecular weight is 272 g/mol. The van der Waals surface area contributed by atoms with Crippen LogP contribution in [0, 0.1) is 6.92 Å². The Bertz CT molecular complexity index is 620. The zero-order valence-electron chi connectivity index (χ0n) is 11.4. The van der Waals surface area contributed by atoms with Gasteiger partial charge in [0, 0.05) is 30.2 Å². The van der Waals surface area contributed by atoms with Crippen molar-refractivity contribution in [2.45, 2.75) is 20.3 Å². The van der Waals surface area contributed by atoms with Crippen LogP contribution >= 0.6 is 0 Å². The Morgan fingerprint density at radius 1 is 1.30 bits per heavy atom. The van der Waals surface area contributed by atoms with Crippen molar-refractivity contribution in [1.82, 2.24) is 9.55 Å². The van der Waals surface area contributed by atoms with Gasteiger partial charge in [-0.1, -0.05) is 13.0 Å². The highest BCUT2D eigenvalue weighted by molar-refractivity contribution is 5.94. The van der Waals surface area contributed by atoms with E-state index in [1.54, 1.807) is 25.3 Å². The topological polar surface area (TPSA) is 76.0 Å². The zero-order valence-corrected chi connectivity index (χ0v) is 11.4. The van der Waals surface area contributed by atoms with Crippen LogP contribution in [0.3, 0.4) is 0 Å².